The smallest absolute Gasteiger partial charge is 0.433 e. The van der Waals surface area contributed by atoms with Crippen LogP contribution in [0.25, 0.3) is 0 Å². The molecule has 1 N–H and O–H groups in total. The molecular formula is C13H15F3N2O2. The summed E-state index contributed by atoms with van der Waals surface area (Å²) >= 11 is 0. The van der Waals surface area contributed by atoms with Crippen molar-refractivity contribution in [1.82, 2.24) is 4.98 Å². The van der Waals surface area contributed by atoms with Crippen molar-refractivity contribution in [1.29, 1.82) is 0 Å². The van der Waals surface area contributed by atoms with Crippen molar-refractivity contribution in [2.75, 3.05) is 11.4 Å². The fraction of sp³-hybridized carbons (Fsp3) is 0.538. The van der Waals surface area contributed by atoms with E-state index < -0.39 is 23.8 Å². The van der Waals surface area contributed by atoms with Crippen LogP contribution in [0.1, 0.15) is 25.5 Å². The number of hydrogen-bond acceptors (Lipinski definition) is 3. The first-order valence-electron chi connectivity index (χ1n) is 6.32. The molecule has 2 rings (SSSR count). The third-order valence-corrected chi connectivity index (χ3v) is 3.54. The average Bonchev–Trinajstić information content (AvgIpc) is 2.37. The Labute approximate surface area is 114 Å². The number of alkyl halides is 3. The quantitative estimate of drug-likeness (QED) is 0.909. The highest BCUT2D eigenvalue weighted by Crippen LogP contribution is 2.31. The van der Waals surface area contributed by atoms with Gasteiger partial charge in [0.1, 0.15) is 11.5 Å². The fourth-order valence-corrected chi connectivity index (χ4v) is 2.48. The van der Waals surface area contributed by atoms with E-state index in [-0.39, 0.29) is 11.9 Å². The minimum absolute atomic E-state index is 0.152. The number of rotatable bonds is 2. The van der Waals surface area contributed by atoms with E-state index in [0.29, 0.717) is 19.4 Å². The summed E-state index contributed by atoms with van der Waals surface area (Å²) in [5.41, 5.74) is -0.928. The van der Waals surface area contributed by atoms with Crippen molar-refractivity contribution in [3.63, 3.8) is 0 Å². The number of pyridine rings is 1. The van der Waals surface area contributed by atoms with Gasteiger partial charge in [-0.15, -0.1) is 0 Å². The predicted molar refractivity (Wildman–Crippen MR) is 66.4 cm³/mol. The Balaban J connectivity index is 2.19. The van der Waals surface area contributed by atoms with Gasteiger partial charge in [0.15, 0.2) is 0 Å². The highest BCUT2D eigenvalue weighted by Gasteiger charge is 2.34. The Morgan fingerprint density at radius 2 is 2.15 bits per heavy atom. The van der Waals surface area contributed by atoms with E-state index in [9.17, 15) is 18.0 Å². The van der Waals surface area contributed by atoms with Gasteiger partial charge >= 0.3 is 12.1 Å². The number of nitrogens with zero attached hydrogens (tertiary/aromatic N) is 2. The number of halogens is 3. The van der Waals surface area contributed by atoms with Gasteiger partial charge in [0, 0.05) is 12.6 Å². The van der Waals surface area contributed by atoms with Crippen LogP contribution in [0.15, 0.2) is 18.2 Å². The normalized spacial score (nSPS) is 23.7. The maximum absolute atomic E-state index is 12.6. The Bertz CT molecular complexity index is 505. The molecule has 2 atom stereocenters. The molecule has 4 nitrogen and oxygen atoms in total. The maximum atomic E-state index is 12.6. The lowest BCUT2D eigenvalue weighted by Gasteiger charge is -2.37. The summed E-state index contributed by atoms with van der Waals surface area (Å²) < 4.78 is 37.9. The van der Waals surface area contributed by atoms with Gasteiger partial charge in [0.25, 0.3) is 0 Å². The predicted octanol–water partition coefficient (Wildman–Crippen LogP) is 2.79. The topological polar surface area (TPSA) is 53.4 Å². The zero-order valence-corrected chi connectivity index (χ0v) is 10.9. The summed E-state index contributed by atoms with van der Waals surface area (Å²) in [5, 5.41) is 8.98. The lowest BCUT2D eigenvalue weighted by Crippen LogP contribution is -2.43. The SMILES string of the molecule is CC1CC(C(=O)O)CCN1c1cccc(C(F)(F)F)n1. The molecule has 0 amide bonds. The molecular weight excluding hydrogens is 273 g/mol. The molecule has 0 aliphatic carbocycles. The molecule has 20 heavy (non-hydrogen) atoms. The van der Waals surface area contributed by atoms with Crippen LogP contribution in [-0.2, 0) is 11.0 Å². The molecule has 2 heterocycles. The van der Waals surface area contributed by atoms with Gasteiger partial charge in [-0.1, -0.05) is 6.07 Å². The van der Waals surface area contributed by atoms with E-state index in [1.165, 1.54) is 12.1 Å². The molecule has 1 fully saturated rings. The van der Waals surface area contributed by atoms with Gasteiger partial charge in [-0.3, -0.25) is 4.79 Å². The van der Waals surface area contributed by atoms with Gasteiger partial charge < -0.3 is 10.0 Å². The van der Waals surface area contributed by atoms with Crippen molar-refractivity contribution in [2.24, 2.45) is 5.92 Å². The van der Waals surface area contributed by atoms with Crippen molar-refractivity contribution in [3.05, 3.63) is 23.9 Å². The second-order valence-corrected chi connectivity index (χ2v) is 4.98. The van der Waals surface area contributed by atoms with E-state index in [1.807, 2.05) is 0 Å². The average molecular weight is 288 g/mol. The first-order chi connectivity index (χ1) is 9.29. The molecule has 1 aliphatic heterocycles. The van der Waals surface area contributed by atoms with Gasteiger partial charge in [0.2, 0.25) is 0 Å². The number of aromatic nitrogens is 1. The van der Waals surface area contributed by atoms with Crippen molar-refractivity contribution in [2.45, 2.75) is 32.0 Å². The second-order valence-electron chi connectivity index (χ2n) is 4.98. The van der Waals surface area contributed by atoms with E-state index in [2.05, 4.69) is 4.98 Å². The Morgan fingerprint density at radius 3 is 2.70 bits per heavy atom. The zero-order chi connectivity index (χ0) is 14.9. The Morgan fingerprint density at radius 1 is 1.45 bits per heavy atom. The van der Waals surface area contributed by atoms with E-state index in [0.717, 1.165) is 6.07 Å². The number of piperidine rings is 1. The number of anilines is 1. The van der Waals surface area contributed by atoms with Crippen molar-refractivity contribution in [3.8, 4) is 0 Å². The van der Waals surface area contributed by atoms with E-state index in [1.54, 1.807) is 11.8 Å². The highest BCUT2D eigenvalue weighted by molar-refractivity contribution is 5.70. The second kappa shape index (κ2) is 5.30. The van der Waals surface area contributed by atoms with Crippen LogP contribution in [-0.4, -0.2) is 28.6 Å². The number of carboxylic acids is 1. The van der Waals surface area contributed by atoms with Gasteiger partial charge in [-0.05, 0) is 31.9 Å². The molecule has 110 valence electrons. The standard InChI is InChI=1S/C13H15F3N2O2/c1-8-7-9(12(19)20)5-6-18(8)11-4-2-3-10(17-11)13(14,15)16/h2-4,8-9H,5-7H2,1H3,(H,19,20). The van der Waals surface area contributed by atoms with Crippen molar-refractivity contribution < 1.29 is 23.1 Å². The highest BCUT2D eigenvalue weighted by atomic mass is 19.4. The lowest BCUT2D eigenvalue weighted by molar-refractivity contribution is -0.142. The fourth-order valence-electron chi connectivity index (χ4n) is 2.48. The third-order valence-electron chi connectivity index (χ3n) is 3.54. The molecule has 7 heteroatoms. The molecule has 0 spiro atoms. The minimum Gasteiger partial charge on any atom is -0.481 e. The van der Waals surface area contributed by atoms with E-state index >= 15 is 0 Å². The third kappa shape index (κ3) is 3.02. The van der Waals surface area contributed by atoms with Gasteiger partial charge in [0.05, 0.1) is 5.92 Å². The molecule has 2 unspecified atom stereocenters. The van der Waals surface area contributed by atoms with Crippen LogP contribution in [0.4, 0.5) is 19.0 Å². The Kier molecular flexibility index (Phi) is 3.87. The van der Waals surface area contributed by atoms with Crippen LogP contribution in [0.2, 0.25) is 0 Å². The summed E-state index contributed by atoms with van der Waals surface area (Å²) in [4.78, 5) is 16.3. The summed E-state index contributed by atoms with van der Waals surface area (Å²) in [6, 6.07) is 3.62. The van der Waals surface area contributed by atoms with E-state index in [4.69, 9.17) is 5.11 Å². The summed E-state index contributed by atoms with van der Waals surface area (Å²) in [5.74, 6) is -1.04. The number of carbonyl (C=O) groups is 1. The number of aliphatic carboxylic acids is 1. The molecule has 0 bridgehead atoms. The van der Waals surface area contributed by atoms with Crippen LogP contribution in [0, 0.1) is 5.92 Å². The first kappa shape index (κ1) is 14.6. The maximum Gasteiger partial charge on any atom is 0.433 e. The molecule has 1 aliphatic rings. The monoisotopic (exact) mass is 288 g/mol. The van der Waals surface area contributed by atoms with Crippen LogP contribution in [0.3, 0.4) is 0 Å². The number of carboxylic acid groups (broad SMARTS) is 1. The zero-order valence-electron chi connectivity index (χ0n) is 10.9. The molecule has 0 radical (unpaired) electrons. The lowest BCUT2D eigenvalue weighted by atomic mass is 9.92. The summed E-state index contributed by atoms with van der Waals surface area (Å²) in [7, 11) is 0. The largest absolute Gasteiger partial charge is 0.481 e. The van der Waals surface area contributed by atoms with Gasteiger partial charge in [-0.25, -0.2) is 4.98 Å². The molecule has 1 aromatic heterocycles. The summed E-state index contributed by atoms with van der Waals surface area (Å²) in [6.07, 6.45) is -3.65. The van der Waals surface area contributed by atoms with Crippen molar-refractivity contribution >= 4 is 11.8 Å². The van der Waals surface area contributed by atoms with Gasteiger partial charge in [-0.2, -0.15) is 13.2 Å². The summed E-state index contributed by atoms with van der Waals surface area (Å²) in [6.45, 7) is 2.20. The Hall–Kier alpha value is -1.79. The minimum atomic E-state index is -4.47. The van der Waals surface area contributed by atoms with Crippen LogP contribution in [0.5, 0.6) is 0 Å². The molecule has 1 saturated heterocycles. The molecule has 0 saturated carbocycles. The molecule has 1 aromatic rings. The first-order valence-corrected chi connectivity index (χ1v) is 6.32. The molecule has 0 aromatic carbocycles. The van der Waals surface area contributed by atoms with Crippen LogP contribution < -0.4 is 4.90 Å². The number of hydrogen-bond donors (Lipinski definition) is 1. The van der Waals surface area contributed by atoms with Crippen LogP contribution >= 0.6 is 0 Å².